The zero-order valence-corrected chi connectivity index (χ0v) is 19.0. The normalized spacial score (nSPS) is 16.4. The Balaban J connectivity index is 1.49. The summed E-state index contributed by atoms with van der Waals surface area (Å²) in [6, 6.07) is 15.2. The molecule has 0 bridgehead atoms. The number of methoxy groups -OCH3 is 1. The average Bonchev–Trinajstić information content (AvgIpc) is 3.31. The highest BCUT2D eigenvalue weighted by molar-refractivity contribution is 6.03. The summed E-state index contributed by atoms with van der Waals surface area (Å²) in [6.07, 6.45) is 3.51. The predicted octanol–water partition coefficient (Wildman–Crippen LogP) is 3.14. The lowest BCUT2D eigenvalue weighted by atomic mass is 9.97. The number of piperidine rings is 1. The van der Waals surface area contributed by atoms with Gasteiger partial charge in [-0.25, -0.2) is 4.68 Å². The molecule has 1 unspecified atom stereocenters. The Labute approximate surface area is 193 Å². The second-order valence-electron chi connectivity index (χ2n) is 8.41. The van der Waals surface area contributed by atoms with Gasteiger partial charge >= 0.3 is 0 Å². The number of carbonyl (C=O) groups excluding carboxylic acids is 2. The molecular formula is C25H29N5O3. The third-order valence-corrected chi connectivity index (χ3v) is 5.97. The standard InChI is InChI=1S/C25H29N5O3/c1-17-9-10-23(33-2)22(14-17)30-13-11-21(28-30)25(32)27-20-8-4-3-6-18(20)15-29-12-5-7-19(16-29)24(26)31/h3-4,6,8-11,13-14,19H,5,7,12,15-16H2,1-2H3,(H2,26,31)(H,27,32). The van der Waals surface area contributed by atoms with E-state index < -0.39 is 0 Å². The van der Waals surface area contributed by atoms with Crippen molar-refractivity contribution in [2.24, 2.45) is 11.7 Å². The number of aryl methyl sites for hydroxylation is 1. The van der Waals surface area contributed by atoms with Crippen LogP contribution in [0.5, 0.6) is 5.75 Å². The molecule has 1 aliphatic heterocycles. The van der Waals surface area contributed by atoms with Crippen molar-refractivity contribution >= 4 is 17.5 Å². The Kier molecular flexibility index (Phi) is 6.74. The number of primary amides is 1. The van der Waals surface area contributed by atoms with Gasteiger partial charge in [0.1, 0.15) is 11.4 Å². The largest absolute Gasteiger partial charge is 0.494 e. The van der Waals surface area contributed by atoms with Crippen molar-refractivity contribution in [2.75, 3.05) is 25.5 Å². The van der Waals surface area contributed by atoms with E-state index in [1.807, 2.05) is 49.4 Å². The van der Waals surface area contributed by atoms with E-state index in [2.05, 4.69) is 15.3 Å². The highest BCUT2D eigenvalue weighted by Gasteiger charge is 2.24. The summed E-state index contributed by atoms with van der Waals surface area (Å²) in [5.41, 5.74) is 9.37. The molecule has 8 heteroatoms. The maximum atomic E-state index is 13.0. The van der Waals surface area contributed by atoms with Crippen molar-refractivity contribution in [2.45, 2.75) is 26.3 Å². The molecule has 1 saturated heterocycles. The Morgan fingerprint density at radius 1 is 1.21 bits per heavy atom. The number of anilines is 1. The zero-order chi connectivity index (χ0) is 23.4. The number of rotatable bonds is 7. The topological polar surface area (TPSA) is 102 Å². The van der Waals surface area contributed by atoms with Gasteiger partial charge in [0, 0.05) is 25.0 Å². The van der Waals surface area contributed by atoms with Crippen LogP contribution in [0, 0.1) is 12.8 Å². The molecule has 2 heterocycles. The molecule has 33 heavy (non-hydrogen) atoms. The summed E-state index contributed by atoms with van der Waals surface area (Å²) in [6.45, 7) is 4.16. The molecule has 1 fully saturated rings. The predicted molar refractivity (Wildman–Crippen MR) is 126 cm³/mol. The highest BCUT2D eigenvalue weighted by atomic mass is 16.5. The quantitative estimate of drug-likeness (QED) is 0.579. The van der Waals surface area contributed by atoms with Gasteiger partial charge in [-0.1, -0.05) is 24.3 Å². The Hall–Kier alpha value is -3.65. The van der Waals surface area contributed by atoms with E-state index in [1.165, 1.54) is 0 Å². The first kappa shape index (κ1) is 22.5. The van der Waals surface area contributed by atoms with Gasteiger partial charge in [-0.15, -0.1) is 0 Å². The first-order valence-corrected chi connectivity index (χ1v) is 11.1. The number of para-hydroxylation sites is 1. The van der Waals surface area contributed by atoms with Gasteiger partial charge in [-0.2, -0.15) is 5.10 Å². The van der Waals surface area contributed by atoms with Crippen molar-refractivity contribution < 1.29 is 14.3 Å². The average molecular weight is 448 g/mol. The molecule has 4 rings (SSSR count). The van der Waals surface area contributed by atoms with E-state index >= 15 is 0 Å². The van der Waals surface area contributed by atoms with Crippen LogP contribution in [0.1, 0.15) is 34.5 Å². The SMILES string of the molecule is COc1ccc(C)cc1-n1ccc(C(=O)Nc2ccccc2CN2CCCC(C(N)=O)C2)n1. The molecular weight excluding hydrogens is 418 g/mol. The number of aromatic nitrogens is 2. The summed E-state index contributed by atoms with van der Waals surface area (Å²) >= 11 is 0. The van der Waals surface area contributed by atoms with Gasteiger partial charge in [-0.3, -0.25) is 14.5 Å². The van der Waals surface area contributed by atoms with Crippen LogP contribution in [0.2, 0.25) is 0 Å². The van der Waals surface area contributed by atoms with E-state index in [1.54, 1.807) is 24.1 Å². The first-order chi connectivity index (χ1) is 15.9. The van der Waals surface area contributed by atoms with Crippen LogP contribution in [0.3, 0.4) is 0 Å². The molecule has 1 atom stereocenters. The summed E-state index contributed by atoms with van der Waals surface area (Å²) in [5, 5.41) is 7.45. The van der Waals surface area contributed by atoms with Crippen molar-refractivity contribution in [1.82, 2.24) is 14.7 Å². The molecule has 3 N–H and O–H groups in total. The van der Waals surface area contributed by atoms with Crippen molar-refractivity contribution in [3.8, 4) is 11.4 Å². The van der Waals surface area contributed by atoms with Crippen LogP contribution in [0.25, 0.3) is 5.69 Å². The number of likely N-dealkylation sites (tertiary alicyclic amines) is 1. The van der Waals surface area contributed by atoms with Crippen LogP contribution >= 0.6 is 0 Å². The fraction of sp³-hybridized carbons (Fsp3) is 0.320. The minimum atomic E-state index is -0.290. The summed E-state index contributed by atoms with van der Waals surface area (Å²) < 4.78 is 7.08. The van der Waals surface area contributed by atoms with Crippen molar-refractivity contribution in [3.05, 3.63) is 71.5 Å². The van der Waals surface area contributed by atoms with Crippen LogP contribution in [0.4, 0.5) is 5.69 Å². The van der Waals surface area contributed by atoms with Crippen LogP contribution in [0.15, 0.2) is 54.7 Å². The second-order valence-corrected chi connectivity index (χ2v) is 8.41. The molecule has 172 valence electrons. The smallest absolute Gasteiger partial charge is 0.276 e. The molecule has 0 spiro atoms. The maximum absolute atomic E-state index is 13.0. The number of nitrogens with zero attached hydrogens (tertiary/aromatic N) is 3. The van der Waals surface area contributed by atoms with Crippen molar-refractivity contribution in [3.63, 3.8) is 0 Å². The molecule has 2 aromatic carbocycles. The highest BCUT2D eigenvalue weighted by Crippen LogP contribution is 2.25. The number of ether oxygens (including phenoxy) is 1. The number of carbonyl (C=O) groups is 2. The lowest BCUT2D eigenvalue weighted by molar-refractivity contribution is -0.123. The first-order valence-electron chi connectivity index (χ1n) is 11.1. The minimum Gasteiger partial charge on any atom is -0.494 e. The van der Waals surface area contributed by atoms with Crippen LogP contribution < -0.4 is 15.8 Å². The monoisotopic (exact) mass is 447 g/mol. The molecule has 3 aromatic rings. The van der Waals surface area contributed by atoms with Gasteiger partial charge in [0.15, 0.2) is 5.69 Å². The second kappa shape index (κ2) is 9.87. The van der Waals surface area contributed by atoms with E-state index in [-0.39, 0.29) is 17.7 Å². The number of nitrogens with two attached hydrogens (primary N) is 1. The molecule has 0 aliphatic carbocycles. The third kappa shape index (κ3) is 5.23. The van der Waals surface area contributed by atoms with Gasteiger partial charge in [0.2, 0.25) is 5.91 Å². The fourth-order valence-electron chi connectivity index (χ4n) is 4.20. The molecule has 8 nitrogen and oxygen atoms in total. The third-order valence-electron chi connectivity index (χ3n) is 5.97. The zero-order valence-electron chi connectivity index (χ0n) is 19.0. The van der Waals surface area contributed by atoms with Gasteiger partial charge in [0.05, 0.1) is 13.0 Å². The van der Waals surface area contributed by atoms with Crippen LogP contribution in [-0.4, -0.2) is 46.7 Å². The number of amides is 2. The number of nitrogens with one attached hydrogen (secondary N) is 1. The van der Waals surface area contributed by atoms with E-state index in [4.69, 9.17) is 10.5 Å². The van der Waals surface area contributed by atoms with E-state index in [9.17, 15) is 9.59 Å². The molecule has 2 amide bonds. The molecule has 1 aromatic heterocycles. The minimum absolute atomic E-state index is 0.122. The van der Waals surface area contributed by atoms with Gasteiger partial charge < -0.3 is 15.8 Å². The maximum Gasteiger partial charge on any atom is 0.276 e. The Bertz CT molecular complexity index is 1160. The lowest BCUT2D eigenvalue weighted by Crippen LogP contribution is -2.40. The number of hydrogen-bond acceptors (Lipinski definition) is 5. The van der Waals surface area contributed by atoms with Crippen molar-refractivity contribution in [1.29, 1.82) is 0 Å². The lowest BCUT2D eigenvalue weighted by Gasteiger charge is -2.31. The van der Waals surface area contributed by atoms with Crippen LogP contribution in [-0.2, 0) is 11.3 Å². The van der Waals surface area contributed by atoms with Gasteiger partial charge in [-0.05, 0) is 61.7 Å². The molecule has 1 aliphatic rings. The Morgan fingerprint density at radius 3 is 2.82 bits per heavy atom. The Morgan fingerprint density at radius 2 is 2.03 bits per heavy atom. The summed E-state index contributed by atoms with van der Waals surface area (Å²) in [5.74, 6) is 0.0171. The molecule has 0 saturated carbocycles. The number of benzene rings is 2. The summed E-state index contributed by atoms with van der Waals surface area (Å²) in [4.78, 5) is 26.8. The summed E-state index contributed by atoms with van der Waals surface area (Å²) in [7, 11) is 1.61. The van der Waals surface area contributed by atoms with Gasteiger partial charge in [0.25, 0.3) is 5.91 Å². The number of hydrogen-bond donors (Lipinski definition) is 2. The fourth-order valence-corrected chi connectivity index (χ4v) is 4.20. The molecule has 0 radical (unpaired) electrons. The van der Waals surface area contributed by atoms with E-state index in [0.717, 1.165) is 41.9 Å². The van der Waals surface area contributed by atoms with E-state index in [0.29, 0.717) is 24.5 Å².